The zero-order valence-electron chi connectivity index (χ0n) is 49.9. The summed E-state index contributed by atoms with van der Waals surface area (Å²) in [7, 11) is -5.61. The number of nitrogens with two attached hydrogens (primary N) is 4. The van der Waals surface area contributed by atoms with Crippen LogP contribution in [0.25, 0.3) is 67.0 Å². The number of thioether (sulfide) groups is 1. The van der Waals surface area contributed by atoms with E-state index in [1.165, 1.54) is 61.7 Å². The number of carbonyl (C=O) groups excluding carboxylic acids is 1. The number of fused-ring (bicyclic) bond motifs is 4. The van der Waals surface area contributed by atoms with Crippen molar-refractivity contribution in [3.8, 4) is 22.9 Å². The monoisotopic (exact) mass is 1420 g/mol. The van der Waals surface area contributed by atoms with Crippen LogP contribution in [0.2, 0.25) is 10.3 Å². The summed E-state index contributed by atoms with van der Waals surface area (Å²) in [5.41, 5.74) is 29.7. The number of aromatic nitrogens is 21. The molecule has 0 fully saturated rings. The molecule has 12 aromatic heterocycles. The van der Waals surface area contributed by atoms with Gasteiger partial charge < -0.3 is 38.1 Å². The summed E-state index contributed by atoms with van der Waals surface area (Å²) in [5.74, 6) is 2.13. The maximum atomic E-state index is 12.3. The van der Waals surface area contributed by atoms with Gasteiger partial charge in [-0.05, 0) is 103 Å². The second-order valence-corrected chi connectivity index (χ2v) is 25.9. The Kier molecular flexibility index (Phi) is 18.7. The summed E-state index contributed by atoms with van der Waals surface area (Å²) in [6.45, 7) is 0. The lowest BCUT2D eigenvalue weighted by atomic mass is 10.3. The molecule has 97 heavy (non-hydrogen) atoms. The van der Waals surface area contributed by atoms with Crippen molar-refractivity contribution in [3.05, 3.63) is 188 Å². The number of nitrogens with one attached hydrogen (secondary N) is 4. The van der Waals surface area contributed by atoms with Crippen molar-refractivity contribution in [1.82, 2.24) is 103 Å². The van der Waals surface area contributed by atoms with E-state index in [1.807, 2.05) is 6.26 Å². The van der Waals surface area contributed by atoms with Crippen molar-refractivity contribution in [2.75, 3.05) is 49.3 Å². The number of imidazole rings is 1. The number of aryl methyl sites for hydroxylation is 1. The Morgan fingerprint density at radius 2 is 0.928 bits per heavy atom. The van der Waals surface area contributed by atoms with Gasteiger partial charge in [-0.1, -0.05) is 41.0 Å². The second kappa shape index (κ2) is 27.8. The van der Waals surface area contributed by atoms with Crippen LogP contribution in [0.5, 0.6) is 0 Å². The highest BCUT2D eigenvalue weighted by atomic mass is 35.5. The van der Waals surface area contributed by atoms with Gasteiger partial charge in [-0.25, -0.2) is 87.1 Å². The number of halogens is 2. The molecule has 40 heteroatoms. The van der Waals surface area contributed by atoms with E-state index < -0.39 is 26.1 Å². The lowest BCUT2D eigenvalue weighted by Crippen LogP contribution is -2.19. The van der Waals surface area contributed by atoms with Crippen LogP contribution in [0.4, 0.5) is 50.8 Å². The quantitative estimate of drug-likeness (QED) is 0.0309. The molecule has 0 radical (unpaired) electrons. The lowest BCUT2D eigenvalue weighted by molar-refractivity contribution is 0.262. The standard InChI is InChI=1S/C17H12Cl2N8O.C15H14N8O2S.C15H12N6O2S2.C10H9N7S/c18-13-5-10(6-14(19)26-13)25-17(28)24-9-1-3-11(4-2-9)27-16-12(7-23-27)15(20)21-8-22-16;1-22-7-13(19-9-22)26(24,25)21-10-2-4-11(5-3-10)23-15-12(6-20-23)14(16)17-8-18-15;16-14-12-8-19-21(15(12)18-9-17-14)11-5-3-10(4-6-11)20-25(22,23)13-2-1-7-24-13;1-18-10-12-3-2-7(16-10)17-9-6(4-15-17)8(11)13-5-14-9/h1-8H,(H2,20,21,22)(H2,24,25,26,28);2-9,21H,1H3,(H2,16,17,18);1-9,20H,(H2,16,17,18);2-5H,1H3,(H2,11,13,14). The largest absolute Gasteiger partial charge is 0.383 e. The summed E-state index contributed by atoms with van der Waals surface area (Å²) in [6, 6.07) is 28.1. The third-order valence-electron chi connectivity index (χ3n) is 13.4. The van der Waals surface area contributed by atoms with E-state index in [-0.39, 0.29) is 19.5 Å². The SMILES string of the molecule is CSc1nccc(-n2ncc3c(N)ncnc32)n1.Cn1cnc(S(=O)(=O)Nc2ccc(-n3ncc4c(N)ncnc43)cc2)c1.Nc1ncnc2c1cnn2-c1ccc(NC(=O)Nc2cc(Cl)nc(Cl)c2)cc1.Nc1ncnc2c1cnn2-c1ccc(NS(=O)(=O)c2cccs2)cc1. The Morgan fingerprint density at radius 1 is 0.505 bits per heavy atom. The molecule has 12 heterocycles. The number of nitrogen functional groups attached to an aromatic ring is 4. The highest BCUT2D eigenvalue weighted by Crippen LogP contribution is 2.28. The molecule has 12 N–H and O–H groups in total. The van der Waals surface area contributed by atoms with Gasteiger partial charge in [0.15, 0.2) is 38.6 Å². The van der Waals surface area contributed by atoms with E-state index in [0.717, 1.165) is 22.7 Å². The third-order valence-corrected chi connectivity index (χ3v) is 18.4. The molecule has 2 amide bonds. The normalized spacial score (nSPS) is 11.3. The Hall–Kier alpha value is -12.1. The molecule has 488 valence electrons. The smallest absolute Gasteiger partial charge is 0.323 e. The molecule has 15 aromatic rings. The van der Waals surface area contributed by atoms with Gasteiger partial charge >= 0.3 is 6.03 Å². The molecule has 15 rings (SSSR count). The maximum absolute atomic E-state index is 12.3. The average molecular weight is 1420 g/mol. The van der Waals surface area contributed by atoms with Gasteiger partial charge in [0.05, 0.1) is 69.7 Å². The highest BCUT2D eigenvalue weighted by Gasteiger charge is 2.20. The molecule has 34 nitrogen and oxygen atoms in total. The Balaban J connectivity index is 0.000000125. The fraction of sp³-hybridized carbons (Fsp3) is 0.0351. The van der Waals surface area contributed by atoms with Gasteiger partial charge in [0, 0.05) is 48.3 Å². The fourth-order valence-corrected chi connectivity index (χ4v) is 12.9. The fourth-order valence-electron chi connectivity index (χ4n) is 8.95. The molecule has 0 aliphatic carbocycles. The summed E-state index contributed by atoms with van der Waals surface area (Å²) in [5, 5.41) is 27.8. The number of benzene rings is 3. The molecule has 0 saturated heterocycles. The van der Waals surface area contributed by atoms with Crippen LogP contribution < -0.4 is 43.0 Å². The van der Waals surface area contributed by atoms with E-state index in [0.29, 0.717) is 107 Å². The first-order valence-corrected chi connectivity index (χ1v) is 33.5. The zero-order valence-corrected chi connectivity index (χ0v) is 54.7. The predicted molar refractivity (Wildman–Crippen MR) is 368 cm³/mol. The first kappa shape index (κ1) is 65.0. The number of hydrogen-bond acceptors (Lipinski definition) is 27. The van der Waals surface area contributed by atoms with Crippen LogP contribution in [0, 0.1) is 0 Å². The molecular formula is C57H47Cl2N29O5S4. The van der Waals surface area contributed by atoms with Crippen molar-refractivity contribution < 1.29 is 21.6 Å². The second-order valence-electron chi connectivity index (χ2n) is 19.9. The first-order valence-electron chi connectivity index (χ1n) is 27.7. The van der Waals surface area contributed by atoms with Gasteiger partial charge in [0.2, 0.25) is 0 Å². The van der Waals surface area contributed by atoms with Crippen LogP contribution in [0.15, 0.2) is 192 Å². The topological polar surface area (TPSA) is 468 Å². The number of amides is 2. The molecule has 0 aliphatic heterocycles. The van der Waals surface area contributed by atoms with E-state index in [4.69, 9.17) is 46.1 Å². The van der Waals surface area contributed by atoms with E-state index in [1.54, 1.807) is 158 Å². The van der Waals surface area contributed by atoms with Gasteiger partial charge in [0.1, 0.15) is 63.1 Å². The number of sulfonamides is 2. The van der Waals surface area contributed by atoms with E-state index in [9.17, 15) is 21.6 Å². The molecule has 0 aliphatic rings. The number of carbonyl (C=O) groups is 1. The number of hydrogen-bond donors (Lipinski definition) is 8. The number of nitrogens with zero attached hydrogens (tertiary/aromatic N) is 21. The van der Waals surface area contributed by atoms with Crippen LogP contribution in [-0.4, -0.2) is 133 Å². The van der Waals surface area contributed by atoms with Crippen LogP contribution in [-0.2, 0) is 27.1 Å². The van der Waals surface area contributed by atoms with Crippen molar-refractivity contribution in [2.24, 2.45) is 7.05 Å². The predicted octanol–water partition coefficient (Wildman–Crippen LogP) is 7.85. The lowest BCUT2D eigenvalue weighted by Gasteiger charge is -2.09. The minimum Gasteiger partial charge on any atom is -0.383 e. The summed E-state index contributed by atoms with van der Waals surface area (Å²) >= 11 is 14.3. The molecule has 0 saturated carbocycles. The van der Waals surface area contributed by atoms with Crippen LogP contribution >= 0.6 is 46.3 Å². The molecule has 0 atom stereocenters. The van der Waals surface area contributed by atoms with Crippen molar-refractivity contribution >= 4 is 163 Å². The van der Waals surface area contributed by atoms with Gasteiger partial charge in [-0.2, -0.15) is 33.5 Å². The van der Waals surface area contributed by atoms with Crippen molar-refractivity contribution in [2.45, 2.75) is 14.4 Å². The van der Waals surface area contributed by atoms with E-state index >= 15 is 0 Å². The molecular weight excluding hydrogens is 1370 g/mol. The zero-order chi connectivity index (χ0) is 68.0. The third kappa shape index (κ3) is 14.7. The van der Waals surface area contributed by atoms with Gasteiger partial charge in [-0.3, -0.25) is 9.44 Å². The number of rotatable bonds is 13. The van der Waals surface area contributed by atoms with Gasteiger partial charge in [0.25, 0.3) is 20.0 Å². The van der Waals surface area contributed by atoms with Gasteiger partial charge in [-0.15, -0.1) is 11.3 Å². The number of anilines is 8. The number of pyridine rings is 1. The molecule has 0 spiro atoms. The average Bonchev–Trinajstić information content (AvgIpc) is 1.70. The summed E-state index contributed by atoms with van der Waals surface area (Å²) < 4.78 is 62.4. The highest BCUT2D eigenvalue weighted by molar-refractivity contribution is 7.98. The number of thiophene rings is 1. The van der Waals surface area contributed by atoms with Crippen molar-refractivity contribution in [1.29, 1.82) is 0 Å². The van der Waals surface area contributed by atoms with Crippen LogP contribution in [0.3, 0.4) is 0 Å². The molecule has 0 bridgehead atoms. The maximum Gasteiger partial charge on any atom is 0.323 e. The summed E-state index contributed by atoms with van der Waals surface area (Å²) in [4.78, 5) is 60.8. The van der Waals surface area contributed by atoms with Crippen LogP contribution in [0.1, 0.15) is 0 Å². The Labute approximate surface area is 565 Å². The van der Waals surface area contributed by atoms with Crippen molar-refractivity contribution in [3.63, 3.8) is 0 Å². The number of urea groups is 1. The van der Waals surface area contributed by atoms with E-state index in [2.05, 4.69) is 100 Å². The first-order chi connectivity index (χ1) is 46.8. The minimum absolute atomic E-state index is 0.0469. The molecule has 0 unspecified atom stereocenters. The molecule has 3 aromatic carbocycles. The summed E-state index contributed by atoms with van der Waals surface area (Å²) in [6.07, 6.45) is 18.4. The Bertz CT molecular complexity index is 5560. The minimum atomic E-state index is -3.74. The Morgan fingerprint density at radius 3 is 1.35 bits per heavy atom.